The number of nitrogens with zero attached hydrogens (tertiary/aromatic N) is 1. The lowest BCUT2D eigenvalue weighted by molar-refractivity contribution is 0.193. The summed E-state index contributed by atoms with van der Waals surface area (Å²) in [6.07, 6.45) is 2.16. The van der Waals surface area contributed by atoms with Gasteiger partial charge in [-0.05, 0) is 69.9 Å². The van der Waals surface area contributed by atoms with E-state index in [1.165, 1.54) is 5.56 Å². The number of aliphatic hydroxyl groups excluding tert-OH is 1. The molecule has 1 fully saturated rings. The highest BCUT2D eigenvalue weighted by atomic mass is 16.3. The fourth-order valence-electron chi connectivity index (χ4n) is 3.29. The Kier molecular flexibility index (Phi) is 4.55. The molecule has 1 heterocycles. The number of piperidine rings is 1. The van der Waals surface area contributed by atoms with Crippen molar-refractivity contribution in [3.63, 3.8) is 0 Å². The minimum absolute atomic E-state index is 0.158. The van der Waals surface area contributed by atoms with Crippen LogP contribution in [0.4, 0.5) is 5.69 Å². The van der Waals surface area contributed by atoms with Crippen LogP contribution in [0.2, 0.25) is 0 Å². The summed E-state index contributed by atoms with van der Waals surface area (Å²) in [5.74, 6) is 0.608. The van der Waals surface area contributed by atoms with Gasteiger partial charge in [-0.25, -0.2) is 0 Å². The Morgan fingerprint density at radius 2 is 2.00 bits per heavy atom. The molecule has 4 nitrogen and oxygen atoms in total. The van der Waals surface area contributed by atoms with Crippen LogP contribution in [0.15, 0.2) is 6.07 Å². The molecule has 0 amide bonds. The van der Waals surface area contributed by atoms with Crippen molar-refractivity contribution < 1.29 is 10.2 Å². The first kappa shape index (κ1) is 15.1. The first-order valence-electron chi connectivity index (χ1n) is 7.37. The van der Waals surface area contributed by atoms with Crippen LogP contribution < -0.4 is 5.73 Å². The molecule has 1 aliphatic heterocycles. The standard InChI is InChI=1S/C16H26N2O2/c1-10-8-14(17)16(20)13(9-11(2)19)15(10)12-4-6-18(3)7-5-12/h8,11-12,19-20H,4-7,9,17H2,1-3H3/t11-/m1/s1. The number of nitrogen functional groups attached to an aromatic ring is 1. The molecule has 1 aromatic carbocycles. The molecule has 0 saturated carbocycles. The van der Waals surface area contributed by atoms with Gasteiger partial charge in [-0.2, -0.15) is 0 Å². The highest BCUT2D eigenvalue weighted by molar-refractivity contribution is 5.62. The summed E-state index contributed by atoms with van der Waals surface area (Å²) < 4.78 is 0. The zero-order valence-electron chi connectivity index (χ0n) is 12.7. The SMILES string of the molecule is Cc1cc(N)c(O)c(C[C@@H](C)O)c1C1CCN(C)CC1. The monoisotopic (exact) mass is 278 g/mol. The number of likely N-dealkylation sites (tertiary alicyclic amines) is 1. The molecule has 1 aromatic rings. The van der Waals surface area contributed by atoms with E-state index in [4.69, 9.17) is 5.73 Å². The molecule has 1 aliphatic rings. The van der Waals surface area contributed by atoms with Crippen molar-refractivity contribution in [3.8, 4) is 5.75 Å². The van der Waals surface area contributed by atoms with E-state index in [1.54, 1.807) is 6.92 Å². The van der Waals surface area contributed by atoms with E-state index >= 15 is 0 Å². The van der Waals surface area contributed by atoms with Gasteiger partial charge in [0.1, 0.15) is 5.75 Å². The number of phenols is 1. The Labute approximate surface area is 121 Å². The molecule has 0 bridgehead atoms. The van der Waals surface area contributed by atoms with Gasteiger partial charge in [0.2, 0.25) is 0 Å². The molecule has 0 aliphatic carbocycles. The van der Waals surface area contributed by atoms with Crippen LogP contribution in [0.5, 0.6) is 5.75 Å². The van der Waals surface area contributed by atoms with Crippen LogP contribution in [-0.4, -0.2) is 41.4 Å². The van der Waals surface area contributed by atoms with Crippen LogP contribution >= 0.6 is 0 Å². The number of benzene rings is 1. The van der Waals surface area contributed by atoms with E-state index in [0.29, 0.717) is 18.0 Å². The van der Waals surface area contributed by atoms with Crippen LogP contribution in [0.25, 0.3) is 0 Å². The van der Waals surface area contributed by atoms with E-state index < -0.39 is 6.10 Å². The lowest BCUT2D eigenvalue weighted by Crippen LogP contribution is -2.30. The number of nitrogens with two attached hydrogens (primary N) is 1. The molecule has 2 rings (SSSR count). The fraction of sp³-hybridized carbons (Fsp3) is 0.625. The lowest BCUT2D eigenvalue weighted by atomic mass is 9.82. The summed E-state index contributed by atoms with van der Waals surface area (Å²) in [6.45, 7) is 5.94. The van der Waals surface area contributed by atoms with Crippen molar-refractivity contribution in [2.75, 3.05) is 25.9 Å². The minimum atomic E-state index is -0.480. The van der Waals surface area contributed by atoms with Crippen molar-refractivity contribution in [2.24, 2.45) is 0 Å². The zero-order chi connectivity index (χ0) is 14.9. The Hall–Kier alpha value is -1.26. The molecule has 1 saturated heterocycles. The minimum Gasteiger partial charge on any atom is -0.505 e. The van der Waals surface area contributed by atoms with Crippen LogP contribution in [0.1, 0.15) is 42.4 Å². The average Bonchev–Trinajstić information content (AvgIpc) is 2.37. The Morgan fingerprint density at radius 3 is 2.55 bits per heavy atom. The van der Waals surface area contributed by atoms with Gasteiger partial charge in [0.25, 0.3) is 0 Å². The number of anilines is 1. The number of rotatable bonds is 3. The van der Waals surface area contributed by atoms with Crippen LogP contribution in [0.3, 0.4) is 0 Å². The predicted molar refractivity (Wildman–Crippen MR) is 82.1 cm³/mol. The molecule has 4 N–H and O–H groups in total. The summed E-state index contributed by atoms with van der Waals surface area (Å²) in [5.41, 5.74) is 9.46. The van der Waals surface area contributed by atoms with E-state index in [0.717, 1.165) is 37.1 Å². The summed E-state index contributed by atoms with van der Waals surface area (Å²) in [7, 11) is 2.14. The maximum absolute atomic E-state index is 10.3. The highest BCUT2D eigenvalue weighted by Gasteiger charge is 2.25. The van der Waals surface area contributed by atoms with Gasteiger partial charge < -0.3 is 20.8 Å². The van der Waals surface area contributed by atoms with E-state index in [-0.39, 0.29) is 5.75 Å². The molecule has 20 heavy (non-hydrogen) atoms. The van der Waals surface area contributed by atoms with Crippen molar-refractivity contribution in [1.29, 1.82) is 0 Å². The summed E-state index contributed by atoms with van der Waals surface area (Å²) in [6, 6.07) is 1.86. The van der Waals surface area contributed by atoms with Gasteiger partial charge in [-0.15, -0.1) is 0 Å². The van der Waals surface area contributed by atoms with Crippen molar-refractivity contribution in [1.82, 2.24) is 4.90 Å². The molecule has 112 valence electrons. The Bertz CT molecular complexity index is 478. The largest absolute Gasteiger partial charge is 0.505 e. The van der Waals surface area contributed by atoms with Gasteiger partial charge in [-0.3, -0.25) is 0 Å². The van der Waals surface area contributed by atoms with E-state index in [1.807, 2.05) is 6.07 Å². The third kappa shape index (κ3) is 3.07. The molecule has 1 atom stereocenters. The quantitative estimate of drug-likeness (QED) is 0.584. The molecule has 0 spiro atoms. The highest BCUT2D eigenvalue weighted by Crippen LogP contribution is 2.39. The summed E-state index contributed by atoms with van der Waals surface area (Å²) in [5, 5.41) is 20.0. The van der Waals surface area contributed by atoms with Crippen molar-refractivity contribution in [2.45, 2.75) is 45.1 Å². The zero-order valence-corrected chi connectivity index (χ0v) is 12.7. The van der Waals surface area contributed by atoms with Gasteiger partial charge in [-0.1, -0.05) is 0 Å². The third-order valence-corrected chi connectivity index (χ3v) is 4.31. The number of hydrogen-bond donors (Lipinski definition) is 3. The maximum atomic E-state index is 10.3. The predicted octanol–water partition coefficient (Wildman–Crippen LogP) is 2.02. The number of aryl methyl sites for hydroxylation is 1. The second-order valence-corrected chi connectivity index (χ2v) is 6.15. The summed E-state index contributed by atoms with van der Waals surface area (Å²) in [4.78, 5) is 2.33. The maximum Gasteiger partial charge on any atom is 0.142 e. The van der Waals surface area contributed by atoms with Gasteiger partial charge in [0.05, 0.1) is 11.8 Å². The lowest BCUT2D eigenvalue weighted by Gasteiger charge is -2.32. The number of hydrogen-bond acceptors (Lipinski definition) is 4. The smallest absolute Gasteiger partial charge is 0.142 e. The number of aromatic hydroxyl groups is 1. The topological polar surface area (TPSA) is 69.7 Å². The second kappa shape index (κ2) is 6.02. The first-order chi connectivity index (χ1) is 9.40. The van der Waals surface area contributed by atoms with E-state index in [9.17, 15) is 10.2 Å². The molecular formula is C16H26N2O2. The van der Waals surface area contributed by atoms with E-state index in [2.05, 4.69) is 18.9 Å². The molecule has 0 radical (unpaired) electrons. The van der Waals surface area contributed by atoms with Gasteiger partial charge >= 0.3 is 0 Å². The average molecular weight is 278 g/mol. The first-order valence-corrected chi connectivity index (χ1v) is 7.37. The molecule has 0 unspecified atom stereocenters. The van der Waals surface area contributed by atoms with Crippen LogP contribution in [0, 0.1) is 6.92 Å². The summed E-state index contributed by atoms with van der Waals surface area (Å²) >= 11 is 0. The fourth-order valence-corrected chi connectivity index (χ4v) is 3.29. The molecule has 4 heteroatoms. The molecule has 0 aromatic heterocycles. The van der Waals surface area contributed by atoms with Gasteiger partial charge in [0.15, 0.2) is 0 Å². The Morgan fingerprint density at radius 1 is 1.40 bits per heavy atom. The van der Waals surface area contributed by atoms with Gasteiger partial charge in [0, 0.05) is 12.0 Å². The second-order valence-electron chi connectivity index (χ2n) is 6.15. The van der Waals surface area contributed by atoms with Crippen LogP contribution in [-0.2, 0) is 6.42 Å². The van der Waals surface area contributed by atoms with Crippen molar-refractivity contribution in [3.05, 3.63) is 22.8 Å². The molecular weight excluding hydrogens is 252 g/mol. The normalized spacial score (nSPS) is 19.2. The third-order valence-electron chi connectivity index (χ3n) is 4.31. The number of phenolic OH excluding ortho intramolecular Hbond substituents is 1. The Balaban J connectivity index is 2.42. The van der Waals surface area contributed by atoms with Crippen molar-refractivity contribution >= 4 is 5.69 Å². The number of aliphatic hydroxyl groups is 1.